The lowest BCUT2D eigenvalue weighted by Crippen LogP contribution is -2.45. The van der Waals surface area contributed by atoms with Gasteiger partial charge in [0.15, 0.2) is 17.6 Å². The fraction of sp³-hybridized carbons (Fsp3) is 0.720. The van der Waals surface area contributed by atoms with Crippen molar-refractivity contribution in [1.82, 2.24) is 24.8 Å². The molecule has 38 heavy (non-hydrogen) atoms. The summed E-state index contributed by atoms with van der Waals surface area (Å²) in [5, 5.41) is 21.9. The number of nitrogens with two attached hydrogens (primary N) is 1. The average molecular weight is 537 g/mol. The molecule has 0 radical (unpaired) electrons. The Bertz CT molecular complexity index is 1050. The highest BCUT2D eigenvalue weighted by Crippen LogP contribution is 2.31. The summed E-state index contributed by atoms with van der Waals surface area (Å²) in [5.41, 5.74) is 7.03. The molecule has 0 saturated heterocycles. The van der Waals surface area contributed by atoms with Crippen LogP contribution in [0.3, 0.4) is 0 Å². The lowest BCUT2D eigenvalue weighted by atomic mass is 9.81. The summed E-state index contributed by atoms with van der Waals surface area (Å²) in [6, 6.07) is 0. The van der Waals surface area contributed by atoms with Crippen LogP contribution in [0.5, 0.6) is 0 Å². The monoisotopic (exact) mass is 536 g/mol. The van der Waals surface area contributed by atoms with Crippen molar-refractivity contribution in [3.63, 3.8) is 0 Å². The van der Waals surface area contributed by atoms with E-state index in [1.165, 1.54) is 6.33 Å². The van der Waals surface area contributed by atoms with Gasteiger partial charge in [0.25, 0.3) is 5.91 Å². The zero-order valence-corrected chi connectivity index (χ0v) is 22.3. The summed E-state index contributed by atoms with van der Waals surface area (Å²) in [7, 11) is 0. The zero-order valence-electron chi connectivity index (χ0n) is 22.3. The number of carbonyl (C=O) groups is 2. The smallest absolute Gasteiger partial charge is 0.434 e. The van der Waals surface area contributed by atoms with Crippen LogP contribution in [0.1, 0.15) is 52.3 Å². The van der Waals surface area contributed by atoms with Gasteiger partial charge >= 0.3 is 6.16 Å². The van der Waals surface area contributed by atoms with E-state index in [1.807, 2.05) is 13.8 Å². The molecule has 1 amide bonds. The average Bonchev–Trinajstić information content (AvgIpc) is 3.30. The van der Waals surface area contributed by atoms with E-state index in [2.05, 4.69) is 20.3 Å². The molecule has 2 aromatic rings. The fourth-order valence-corrected chi connectivity index (χ4v) is 4.41. The van der Waals surface area contributed by atoms with Gasteiger partial charge in [0.05, 0.1) is 26.1 Å². The van der Waals surface area contributed by atoms with Gasteiger partial charge < -0.3 is 35.5 Å². The van der Waals surface area contributed by atoms with Crippen LogP contribution in [-0.4, -0.2) is 80.4 Å². The Hall–Kier alpha value is -3.03. The molecule has 3 rings (SSSR count). The van der Waals surface area contributed by atoms with Gasteiger partial charge in [-0.25, -0.2) is 19.7 Å². The molecule has 212 valence electrons. The number of hydrogen-bond acceptors (Lipinski definition) is 11. The normalized spacial score (nSPS) is 19.3. The summed E-state index contributed by atoms with van der Waals surface area (Å²) >= 11 is 0. The number of nitrogens with one attached hydrogen (secondary N) is 1. The highest BCUT2D eigenvalue weighted by molar-refractivity contribution is 5.82. The van der Waals surface area contributed by atoms with Crippen molar-refractivity contribution in [2.45, 2.75) is 71.8 Å². The lowest BCUT2D eigenvalue weighted by molar-refractivity contribution is -0.147. The highest BCUT2D eigenvalue weighted by atomic mass is 16.7. The van der Waals surface area contributed by atoms with E-state index in [0.29, 0.717) is 55.0 Å². The number of imidazole rings is 1. The largest absolute Gasteiger partial charge is 0.508 e. The highest BCUT2D eigenvalue weighted by Gasteiger charge is 2.28. The quantitative estimate of drug-likeness (QED) is 0.271. The SMILES string of the molecule is CCNC(=O)[C@@H](OCn1cnc2c(N)nc(CC3CCC(COC(=O)OCC(C)C)CC3)nc21)C(O)CO. The summed E-state index contributed by atoms with van der Waals surface area (Å²) in [6.45, 7) is 6.01. The first-order chi connectivity index (χ1) is 18.2. The third-order valence-corrected chi connectivity index (χ3v) is 6.49. The van der Waals surface area contributed by atoms with Crippen LogP contribution in [0, 0.1) is 17.8 Å². The van der Waals surface area contributed by atoms with Crippen molar-refractivity contribution in [2.75, 3.05) is 32.1 Å². The molecule has 1 saturated carbocycles. The van der Waals surface area contributed by atoms with Crippen molar-refractivity contribution in [3.8, 4) is 0 Å². The molecule has 1 unspecified atom stereocenters. The van der Waals surface area contributed by atoms with Crippen molar-refractivity contribution in [3.05, 3.63) is 12.2 Å². The number of hydrogen-bond donors (Lipinski definition) is 4. The number of aliphatic hydroxyl groups excluding tert-OH is 2. The van der Waals surface area contributed by atoms with Gasteiger partial charge in [0, 0.05) is 13.0 Å². The maximum absolute atomic E-state index is 12.2. The molecule has 13 heteroatoms. The maximum Gasteiger partial charge on any atom is 0.508 e. The molecule has 0 aliphatic heterocycles. The molecular formula is C25H40N6O7. The van der Waals surface area contributed by atoms with Gasteiger partial charge in [-0.3, -0.25) is 9.36 Å². The van der Waals surface area contributed by atoms with E-state index in [9.17, 15) is 19.8 Å². The Morgan fingerprint density at radius 1 is 1.18 bits per heavy atom. The van der Waals surface area contributed by atoms with Gasteiger partial charge in [-0.2, -0.15) is 0 Å². The van der Waals surface area contributed by atoms with Crippen molar-refractivity contribution >= 4 is 29.0 Å². The molecule has 2 atom stereocenters. The summed E-state index contributed by atoms with van der Waals surface area (Å²) in [6.07, 6.45) is 2.64. The molecule has 1 fully saturated rings. The second-order valence-electron chi connectivity index (χ2n) is 10.1. The van der Waals surface area contributed by atoms with Crippen LogP contribution in [0.25, 0.3) is 11.2 Å². The first-order valence-electron chi connectivity index (χ1n) is 13.2. The maximum atomic E-state index is 12.2. The molecule has 0 spiro atoms. The molecule has 2 aromatic heterocycles. The van der Waals surface area contributed by atoms with Gasteiger partial charge in [0.2, 0.25) is 0 Å². The van der Waals surface area contributed by atoms with Gasteiger partial charge in [-0.05, 0) is 50.4 Å². The van der Waals surface area contributed by atoms with E-state index in [-0.39, 0.29) is 18.5 Å². The van der Waals surface area contributed by atoms with Crippen LogP contribution >= 0.6 is 0 Å². The summed E-state index contributed by atoms with van der Waals surface area (Å²) in [5.74, 6) is 1.25. The Morgan fingerprint density at radius 3 is 2.55 bits per heavy atom. The summed E-state index contributed by atoms with van der Waals surface area (Å²) in [4.78, 5) is 37.3. The first kappa shape index (κ1) is 29.5. The van der Waals surface area contributed by atoms with Crippen molar-refractivity contribution in [1.29, 1.82) is 0 Å². The van der Waals surface area contributed by atoms with E-state index in [0.717, 1.165) is 25.7 Å². The van der Waals surface area contributed by atoms with E-state index in [1.54, 1.807) is 11.5 Å². The number of nitrogen functional groups attached to an aromatic ring is 1. The third kappa shape index (κ3) is 8.23. The number of aliphatic hydroxyl groups is 2. The van der Waals surface area contributed by atoms with E-state index < -0.39 is 30.9 Å². The minimum atomic E-state index is -1.38. The Labute approximate surface area is 222 Å². The fourth-order valence-electron chi connectivity index (χ4n) is 4.41. The Kier molecular flexibility index (Phi) is 11.0. The molecule has 1 aliphatic carbocycles. The predicted molar refractivity (Wildman–Crippen MR) is 138 cm³/mol. The van der Waals surface area contributed by atoms with Gasteiger partial charge in [-0.1, -0.05) is 13.8 Å². The molecule has 1 aliphatic rings. The van der Waals surface area contributed by atoms with Gasteiger partial charge in [-0.15, -0.1) is 0 Å². The zero-order chi connectivity index (χ0) is 27.7. The number of carbonyl (C=O) groups excluding carboxylic acids is 2. The molecule has 0 aromatic carbocycles. The van der Waals surface area contributed by atoms with E-state index >= 15 is 0 Å². The second-order valence-corrected chi connectivity index (χ2v) is 10.1. The molecule has 2 heterocycles. The lowest BCUT2D eigenvalue weighted by Gasteiger charge is -2.27. The molecule has 5 N–H and O–H groups in total. The topological polar surface area (TPSA) is 184 Å². The second kappa shape index (κ2) is 14.2. The number of rotatable bonds is 13. The number of amides is 1. The third-order valence-electron chi connectivity index (χ3n) is 6.49. The predicted octanol–water partition coefficient (Wildman–Crippen LogP) is 1.40. The molecule has 0 bridgehead atoms. The number of ether oxygens (including phenoxy) is 3. The number of anilines is 1. The van der Waals surface area contributed by atoms with Crippen molar-refractivity contribution < 1.29 is 34.0 Å². The van der Waals surface area contributed by atoms with Crippen LogP contribution in [0.4, 0.5) is 10.6 Å². The Balaban J connectivity index is 1.57. The summed E-state index contributed by atoms with van der Waals surface area (Å²) < 4.78 is 17.5. The number of fused-ring (bicyclic) bond motifs is 1. The van der Waals surface area contributed by atoms with Crippen molar-refractivity contribution in [2.24, 2.45) is 17.8 Å². The van der Waals surface area contributed by atoms with Crippen LogP contribution in [-0.2, 0) is 32.2 Å². The van der Waals surface area contributed by atoms with Crippen LogP contribution in [0.2, 0.25) is 0 Å². The molecular weight excluding hydrogens is 496 g/mol. The standard InChI is InChI=1S/C25H40N6O7/c1-4-27-24(34)21(18(33)10-32)38-14-31-13-28-20-22(26)29-19(30-23(20)31)9-16-5-7-17(8-6-16)12-37-25(35)36-11-15(2)3/h13,15-18,21,32-33H,4-12,14H2,1-3H3,(H,27,34)(H2,26,29,30)/t16?,17?,18?,21-/m0/s1. The molecule has 13 nitrogen and oxygen atoms in total. The van der Waals surface area contributed by atoms with Gasteiger partial charge in [0.1, 0.15) is 24.2 Å². The van der Waals surface area contributed by atoms with Crippen LogP contribution in [0.15, 0.2) is 6.33 Å². The van der Waals surface area contributed by atoms with E-state index in [4.69, 9.17) is 19.9 Å². The first-order valence-corrected chi connectivity index (χ1v) is 13.2. The number of nitrogens with zero attached hydrogens (tertiary/aromatic N) is 4. The minimum Gasteiger partial charge on any atom is -0.434 e. The number of aromatic nitrogens is 4. The number of likely N-dealkylation sites (N-methyl/N-ethyl adjacent to an activating group) is 1. The minimum absolute atomic E-state index is 0.129. The Morgan fingerprint density at radius 2 is 1.89 bits per heavy atom. The van der Waals surface area contributed by atoms with Crippen LogP contribution < -0.4 is 11.1 Å².